The molecule has 0 aliphatic carbocycles. The van der Waals surface area contributed by atoms with Gasteiger partial charge in [-0.05, 0) is 24.1 Å². The maximum absolute atomic E-state index is 13.9. The summed E-state index contributed by atoms with van der Waals surface area (Å²) in [5, 5.41) is 6.96. The van der Waals surface area contributed by atoms with E-state index in [0.717, 1.165) is 16.9 Å². The zero-order valence-corrected chi connectivity index (χ0v) is 12.9. The molecule has 0 aromatic heterocycles. The number of hydrogen-bond donors (Lipinski definition) is 0. The Morgan fingerprint density at radius 1 is 0.826 bits per heavy atom. The molecule has 0 aliphatic heterocycles. The van der Waals surface area contributed by atoms with Gasteiger partial charge in [0.15, 0.2) is 29.0 Å². The first kappa shape index (κ1) is 16.9. The number of benzene rings is 2. The lowest BCUT2D eigenvalue weighted by Crippen LogP contribution is -2.15. The SMILES string of the molecule is CCc1ccc(N=Nc2c(F)c(F)c(N(C)C)c(F)c2F)cc1. The lowest BCUT2D eigenvalue weighted by molar-refractivity contribution is 0.457. The summed E-state index contributed by atoms with van der Waals surface area (Å²) in [4.78, 5) is 0.946. The Hall–Kier alpha value is -2.44. The molecule has 0 saturated heterocycles. The van der Waals surface area contributed by atoms with Crippen molar-refractivity contribution in [3.8, 4) is 0 Å². The minimum Gasteiger partial charge on any atom is -0.373 e. The molecule has 0 amide bonds. The van der Waals surface area contributed by atoms with Crippen molar-refractivity contribution in [2.75, 3.05) is 19.0 Å². The molecule has 2 aromatic rings. The second-order valence-electron chi connectivity index (χ2n) is 5.07. The van der Waals surface area contributed by atoms with Crippen molar-refractivity contribution in [3.63, 3.8) is 0 Å². The maximum atomic E-state index is 13.9. The molecule has 0 atom stereocenters. The normalized spacial score (nSPS) is 11.3. The van der Waals surface area contributed by atoms with Crippen molar-refractivity contribution in [3.05, 3.63) is 53.1 Å². The van der Waals surface area contributed by atoms with Crippen molar-refractivity contribution < 1.29 is 17.6 Å². The Balaban J connectivity index is 2.45. The summed E-state index contributed by atoms with van der Waals surface area (Å²) in [6, 6.07) is 6.74. The molecule has 0 heterocycles. The zero-order valence-electron chi connectivity index (χ0n) is 12.9. The second-order valence-corrected chi connectivity index (χ2v) is 5.07. The number of azo groups is 1. The molecule has 0 radical (unpaired) electrons. The third kappa shape index (κ3) is 3.33. The van der Waals surface area contributed by atoms with Crippen molar-refractivity contribution in [1.82, 2.24) is 0 Å². The van der Waals surface area contributed by atoms with Crippen LogP contribution in [0.3, 0.4) is 0 Å². The number of hydrogen-bond acceptors (Lipinski definition) is 3. The highest BCUT2D eigenvalue weighted by atomic mass is 19.2. The molecule has 23 heavy (non-hydrogen) atoms. The predicted octanol–water partition coefficient (Wildman–Crippen LogP) is 5.29. The Bertz CT molecular complexity index is 711. The molecule has 0 N–H and O–H groups in total. The molecule has 3 nitrogen and oxygen atoms in total. The van der Waals surface area contributed by atoms with Gasteiger partial charge in [-0.2, -0.15) is 5.11 Å². The summed E-state index contributed by atoms with van der Waals surface area (Å²) in [6.07, 6.45) is 0.823. The fraction of sp³-hybridized carbons (Fsp3) is 0.250. The van der Waals surface area contributed by atoms with E-state index >= 15 is 0 Å². The molecule has 7 heteroatoms. The third-order valence-corrected chi connectivity index (χ3v) is 3.27. The second kappa shape index (κ2) is 6.76. The molecule has 0 fully saturated rings. The summed E-state index contributed by atoms with van der Waals surface area (Å²) in [5.74, 6) is -6.18. The van der Waals surface area contributed by atoms with Gasteiger partial charge in [0.1, 0.15) is 5.69 Å². The summed E-state index contributed by atoms with van der Waals surface area (Å²) < 4.78 is 55.6. The van der Waals surface area contributed by atoms with E-state index in [4.69, 9.17) is 0 Å². The lowest BCUT2D eigenvalue weighted by Gasteiger charge is -2.16. The van der Waals surface area contributed by atoms with Gasteiger partial charge in [-0.15, -0.1) is 5.11 Å². The number of rotatable bonds is 4. The van der Waals surface area contributed by atoms with Gasteiger partial charge in [0.2, 0.25) is 0 Å². The van der Waals surface area contributed by atoms with Crippen LogP contribution in [0, 0.1) is 23.3 Å². The molecule has 0 unspecified atom stereocenters. The van der Waals surface area contributed by atoms with Crippen LogP contribution in [-0.2, 0) is 6.42 Å². The van der Waals surface area contributed by atoms with E-state index in [0.29, 0.717) is 5.69 Å². The third-order valence-electron chi connectivity index (χ3n) is 3.27. The number of halogens is 4. The fourth-order valence-corrected chi connectivity index (χ4v) is 2.00. The van der Waals surface area contributed by atoms with Gasteiger partial charge >= 0.3 is 0 Å². The van der Waals surface area contributed by atoms with E-state index in [1.165, 1.54) is 14.1 Å². The summed E-state index contributed by atoms with van der Waals surface area (Å²) in [6.45, 7) is 1.97. The van der Waals surface area contributed by atoms with Crippen LogP contribution in [0.4, 0.5) is 34.6 Å². The summed E-state index contributed by atoms with van der Waals surface area (Å²) in [5.41, 5.74) is -0.524. The maximum Gasteiger partial charge on any atom is 0.191 e. The molecule has 0 bridgehead atoms. The van der Waals surface area contributed by atoms with Crippen LogP contribution in [0.15, 0.2) is 34.5 Å². The first-order valence-corrected chi connectivity index (χ1v) is 6.90. The highest BCUT2D eigenvalue weighted by Gasteiger charge is 2.26. The van der Waals surface area contributed by atoms with Gasteiger partial charge in [-0.3, -0.25) is 0 Å². The van der Waals surface area contributed by atoms with Gasteiger partial charge in [0.05, 0.1) is 5.69 Å². The number of nitrogens with zero attached hydrogens (tertiary/aromatic N) is 3. The van der Waals surface area contributed by atoms with Crippen LogP contribution in [0.25, 0.3) is 0 Å². The minimum absolute atomic E-state index is 0.318. The van der Waals surface area contributed by atoms with Gasteiger partial charge in [-0.1, -0.05) is 19.1 Å². The fourth-order valence-electron chi connectivity index (χ4n) is 2.00. The smallest absolute Gasteiger partial charge is 0.191 e. The van der Waals surface area contributed by atoms with Crippen molar-refractivity contribution in [2.45, 2.75) is 13.3 Å². The number of anilines is 1. The minimum atomic E-state index is -1.58. The van der Waals surface area contributed by atoms with Crippen LogP contribution in [0.1, 0.15) is 12.5 Å². The van der Waals surface area contributed by atoms with E-state index in [-0.39, 0.29) is 0 Å². The van der Waals surface area contributed by atoms with Crippen LogP contribution in [-0.4, -0.2) is 14.1 Å². The Kier molecular flexibility index (Phi) is 4.98. The summed E-state index contributed by atoms with van der Waals surface area (Å²) >= 11 is 0. The van der Waals surface area contributed by atoms with E-state index < -0.39 is 34.6 Å². The average molecular weight is 325 g/mol. The largest absolute Gasteiger partial charge is 0.373 e. The van der Waals surface area contributed by atoms with Gasteiger partial charge in [0.25, 0.3) is 0 Å². The molecule has 122 valence electrons. The van der Waals surface area contributed by atoms with Gasteiger partial charge < -0.3 is 4.90 Å². The predicted molar refractivity (Wildman–Crippen MR) is 80.6 cm³/mol. The molecule has 0 spiro atoms. The molecular weight excluding hydrogens is 310 g/mol. The molecular formula is C16H15F4N3. The highest BCUT2D eigenvalue weighted by Crippen LogP contribution is 2.35. The van der Waals surface area contributed by atoms with Crippen molar-refractivity contribution in [2.24, 2.45) is 10.2 Å². The first-order chi connectivity index (χ1) is 10.9. The molecule has 0 aliphatic rings. The van der Waals surface area contributed by atoms with Crippen LogP contribution in [0.2, 0.25) is 0 Å². The van der Waals surface area contributed by atoms with Crippen LogP contribution >= 0.6 is 0 Å². The van der Waals surface area contributed by atoms with Gasteiger partial charge in [-0.25, -0.2) is 17.6 Å². The monoisotopic (exact) mass is 325 g/mol. The lowest BCUT2D eigenvalue weighted by atomic mass is 10.2. The molecule has 2 rings (SSSR count). The van der Waals surface area contributed by atoms with E-state index in [2.05, 4.69) is 10.2 Å². The topological polar surface area (TPSA) is 28.0 Å². The quantitative estimate of drug-likeness (QED) is 0.426. The zero-order chi connectivity index (χ0) is 17.1. The average Bonchev–Trinajstić information content (AvgIpc) is 2.53. The Labute approximate surface area is 131 Å². The van der Waals surface area contributed by atoms with E-state index in [1.54, 1.807) is 24.3 Å². The standard InChI is InChI=1S/C16H15F4N3/c1-4-9-5-7-10(8-6-9)21-22-15-11(17)13(19)16(23(2)3)14(20)12(15)18/h5-8H,4H2,1-3H3. The summed E-state index contributed by atoms with van der Waals surface area (Å²) in [7, 11) is 2.55. The van der Waals surface area contributed by atoms with Crippen molar-refractivity contribution >= 4 is 17.1 Å². The highest BCUT2D eigenvalue weighted by molar-refractivity contribution is 5.57. The first-order valence-electron chi connectivity index (χ1n) is 6.90. The van der Waals surface area contributed by atoms with Crippen molar-refractivity contribution in [1.29, 1.82) is 0 Å². The van der Waals surface area contributed by atoms with Gasteiger partial charge in [0, 0.05) is 14.1 Å². The number of aryl methyl sites for hydroxylation is 1. The Morgan fingerprint density at radius 2 is 1.35 bits per heavy atom. The molecule has 2 aromatic carbocycles. The molecule has 0 saturated carbocycles. The van der Waals surface area contributed by atoms with E-state index in [9.17, 15) is 17.6 Å². The van der Waals surface area contributed by atoms with Crippen LogP contribution in [0.5, 0.6) is 0 Å². The van der Waals surface area contributed by atoms with Crippen LogP contribution < -0.4 is 4.90 Å². The van der Waals surface area contributed by atoms with E-state index in [1.807, 2.05) is 6.92 Å². The Morgan fingerprint density at radius 3 is 1.78 bits per heavy atom.